The number of aliphatic hydroxyl groups is 3. The molecule has 11 heteroatoms. The molecule has 0 unspecified atom stereocenters. The number of ether oxygens (including phenoxy) is 1. The highest BCUT2D eigenvalue weighted by atomic mass is 16.6. The highest BCUT2D eigenvalue weighted by Gasteiger charge is 2.44. The molecule has 1 saturated heterocycles. The lowest BCUT2D eigenvalue weighted by molar-refractivity contribution is -0.0566. The van der Waals surface area contributed by atoms with Gasteiger partial charge in [-0.1, -0.05) is 0 Å². The van der Waals surface area contributed by atoms with Crippen LogP contribution in [0.4, 0.5) is 5.82 Å². The second-order valence-corrected chi connectivity index (χ2v) is 4.89. The van der Waals surface area contributed by atoms with Crippen LogP contribution in [0.5, 0.6) is 0 Å². The first-order valence-electron chi connectivity index (χ1n) is 6.41. The van der Waals surface area contributed by atoms with E-state index in [1.165, 1.54) is 11.0 Å². The summed E-state index contributed by atoms with van der Waals surface area (Å²) in [6.45, 7) is -0.468. The molecule has 1 aliphatic heterocycles. The van der Waals surface area contributed by atoms with Gasteiger partial charge in [0.05, 0.1) is 12.0 Å². The van der Waals surface area contributed by atoms with E-state index in [2.05, 4.69) is 15.1 Å². The molecule has 1 aliphatic rings. The number of aromatic nitrogens is 4. The second-order valence-electron chi connectivity index (χ2n) is 4.89. The highest BCUT2D eigenvalue weighted by Crippen LogP contribution is 2.32. The van der Waals surface area contributed by atoms with E-state index in [4.69, 9.17) is 26.7 Å². The van der Waals surface area contributed by atoms with Crippen molar-refractivity contribution >= 4 is 22.7 Å². The molecule has 0 saturated carbocycles. The molecular weight excluding hydrogens is 294 g/mol. The predicted octanol–water partition coefficient (Wildman–Crippen LogP) is -2.70. The van der Waals surface area contributed by atoms with Crippen molar-refractivity contribution in [3.8, 4) is 0 Å². The summed E-state index contributed by atoms with van der Waals surface area (Å²) in [5.41, 5.74) is 11.5. The summed E-state index contributed by atoms with van der Waals surface area (Å²) < 4.78 is 6.57. The maximum absolute atomic E-state index is 10.1. The van der Waals surface area contributed by atoms with Crippen LogP contribution in [-0.2, 0) is 4.74 Å². The average Bonchev–Trinajstić information content (AvgIpc) is 3.00. The Morgan fingerprint density at radius 1 is 1.36 bits per heavy atom. The minimum absolute atomic E-state index is 0.0471. The molecule has 4 atom stereocenters. The number of nitrogen functional groups attached to an aromatic ring is 2. The first kappa shape index (κ1) is 14.6. The Balaban J connectivity index is 2.16. The molecule has 0 amide bonds. The monoisotopic (exact) mass is 309 g/mol. The Morgan fingerprint density at radius 3 is 2.68 bits per heavy atom. The Kier molecular flexibility index (Phi) is 3.41. The maximum Gasteiger partial charge on any atom is 0.181 e. The number of nitrogens with two attached hydrogens (primary N) is 2. The van der Waals surface area contributed by atoms with Crippen LogP contribution in [0.2, 0.25) is 0 Å². The van der Waals surface area contributed by atoms with Gasteiger partial charge in [-0.05, 0) is 0 Å². The molecule has 8 N–H and O–H groups in total. The van der Waals surface area contributed by atoms with E-state index in [0.717, 1.165) is 0 Å². The van der Waals surface area contributed by atoms with Gasteiger partial charge in [0.25, 0.3) is 0 Å². The minimum atomic E-state index is -1.34. The molecule has 0 radical (unpaired) electrons. The predicted molar refractivity (Wildman–Crippen MR) is 73.8 cm³/mol. The SMILES string of the molecule is N=C(N)c1nn([C@@H]2O[C@H](CO)[C@@H](O)[C@H]2O)c2ncnc(N)c12. The van der Waals surface area contributed by atoms with E-state index in [1.54, 1.807) is 0 Å². The third-order valence-electron chi connectivity index (χ3n) is 3.53. The van der Waals surface area contributed by atoms with E-state index in [0.29, 0.717) is 0 Å². The summed E-state index contributed by atoms with van der Waals surface area (Å²) in [4.78, 5) is 7.85. The summed E-state index contributed by atoms with van der Waals surface area (Å²) in [5.74, 6) is -0.273. The zero-order valence-corrected chi connectivity index (χ0v) is 11.3. The Labute approximate surface area is 123 Å². The molecule has 11 nitrogen and oxygen atoms in total. The summed E-state index contributed by atoms with van der Waals surface area (Å²) in [7, 11) is 0. The molecule has 22 heavy (non-hydrogen) atoms. The Hall–Kier alpha value is -2.34. The molecule has 2 aromatic rings. The first-order valence-corrected chi connectivity index (χ1v) is 6.41. The fourth-order valence-corrected chi connectivity index (χ4v) is 2.44. The quantitative estimate of drug-likeness (QED) is 0.259. The van der Waals surface area contributed by atoms with Crippen molar-refractivity contribution in [2.75, 3.05) is 12.3 Å². The van der Waals surface area contributed by atoms with Gasteiger partial charge in [-0.15, -0.1) is 0 Å². The smallest absolute Gasteiger partial charge is 0.181 e. The van der Waals surface area contributed by atoms with Crippen LogP contribution in [0.15, 0.2) is 6.33 Å². The standard InChI is InChI=1S/C11H15N7O4/c12-8(13)5-4-9(14)15-2-16-10(4)18(17-5)11-7(21)6(20)3(1-19)22-11/h2-3,6-7,11,19-21H,1H2,(H3,12,13)(H2,14,15,16)/t3-,6-,7-,11-/m1/s1. The number of nitrogens with one attached hydrogen (secondary N) is 1. The number of rotatable bonds is 3. The molecular formula is C11H15N7O4. The van der Waals surface area contributed by atoms with Crippen molar-refractivity contribution in [2.45, 2.75) is 24.5 Å². The highest BCUT2D eigenvalue weighted by molar-refractivity contribution is 6.07. The van der Waals surface area contributed by atoms with Crippen LogP contribution >= 0.6 is 0 Å². The molecule has 3 heterocycles. The van der Waals surface area contributed by atoms with Crippen molar-refractivity contribution in [3.05, 3.63) is 12.0 Å². The van der Waals surface area contributed by atoms with Gasteiger partial charge < -0.3 is 31.5 Å². The largest absolute Gasteiger partial charge is 0.394 e. The van der Waals surface area contributed by atoms with Crippen LogP contribution in [0, 0.1) is 5.41 Å². The van der Waals surface area contributed by atoms with Gasteiger partial charge in [-0.3, -0.25) is 5.41 Å². The lowest BCUT2D eigenvalue weighted by atomic mass is 10.1. The van der Waals surface area contributed by atoms with E-state index in [-0.39, 0.29) is 28.4 Å². The van der Waals surface area contributed by atoms with Crippen molar-refractivity contribution in [2.24, 2.45) is 5.73 Å². The van der Waals surface area contributed by atoms with Crippen LogP contribution in [-0.4, -0.2) is 65.8 Å². The van der Waals surface area contributed by atoms with Gasteiger partial charge in [0, 0.05) is 0 Å². The van der Waals surface area contributed by atoms with Gasteiger partial charge in [-0.25, -0.2) is 14.6 Å². The molecule has 0 aliphatic carbocycles. The number of amidine groups is 1. The van der Waals surface area contributed by atoms with Gasteiger partial charge in [0.1, 0.15) is 42.0 Å². The van der Waals surface area contributed by atoms with Gasteiger partial charge in [0.2, 0.25) is 0 Å². The fraction of sp³-hybridized carbons (Fsp3) is 0.455. The van der Waals surface area contributed by atoms with Crippen molar-refractivity contribution in [3.63, 3.8) is 0 Å². The third-order valence-corrected chi connectivity index (χ3v) is 3.53. The number of anilines is 1. The van der Waals surface area contributed by atoms with Crippen LogP contribution in [0.3, 0.4) is 0 Å². The van der Waals surface area contributed by atoms with E-state index >= 15 is 0 Å². The number of hydrogen-bond donors (Lipinski definition) is 6. The van der Waals surface area contributed by atoms with Crippen LogP contribution < -0.4 is 11.5 Å². The summed E-state index contributed by atoms with van der Waals surface area (Å²) in [5, 5.41) is 41.0. The Morgan fingerprint density at radius 2 is 2.09 bits per heavy atom. The Bertz CT molecular complexity index is 733. The lowest BCUT2D eigenvalue weighted by Crippen LogP contribution is -2.33. The number of fused-ring (bicyclic) bond motifs is 1. The van der Waals surface area contributed by atoms with Crippen molar-refractivity contribution in [1.82, 2.24) is 19.7 Å². The number of nitrogens with zero attached hydrogens (tertiary/aromatic N) is 4. The molecule has 1 fully saturated rings. The van der Waals surface area contributed by atoms with Crippen molar-refractivity contribution in [1.29, 1.82) is 5.41 Å². The fourth-order valence-electron chi connectivity index (χ4n) is 2.44. The summed E-state index contributed by atoms with van der Waals surface area (Å²) in [6.07, 6.45) is -3.48. The topological polar surface area (TPSA) is 189 Å². The maximum atomic E-state index is 10.1. The molecule has 118 valence electrons. The zero-order valence-electron chi connectivity index (χ0n) is 11.3. The third kappa shape index (κ3) is 1.99. The summed E-state index contributed by atoms with van der Waals surface area (Å²) in [6, 6.07) is 0. The molecule has 0 spiro atoms. The van der Waals surface area contributed by atoms with Gasteiger partial charge in [0.15, 0.2) is 11.9 Å². The molecule has 0 aromatic carbocycles. The second kappa shape index (κ2) is 5.14. The van der Waals surface area contributed by atoms with Crippen molar-refractivity contribution < 1.29 is 20.1 Å². The number of hydrogen-bond acceptors (Lipinski definition) is 9. The van der Waals surface area contributed by atoms with Gasteiger partial charge in [-0.2, -0.15) is 5.10 Å². The summed E-state index contributed by atoms with van der Waals surface area (Å²) >= 11 is 0. The average molecular weight is 309 g/mol. The minimum Gasteiger partial charge on any atom is -0.394 e. The zero-order chi connectivity index (χ0) is 16.0. The normalized spacial score (nSPS) is 28.3. The van der Waals surface area contributed by atoms with Gasteiger partial charge >= 0.3 is 0 Å². The number of aliphatic hydroxyl groups excluding tert-OH is 3. The lowest BCUT2D eigenvalue weighted by Gasteiger charge is -2.15. The molecule has 0 bridgehead atoms. The van der Waals surface area contributed by atoms with Crippen LogP contribution in [0.25, 0.3) is 11.0 Å². The van der Waals surface area contributed by atoms with E-state index < -0.39 is 31.1 Å². The first-order chi connectivity index (χ1) is 10.5. The molecule has 3 rings (SSSR count). The van der Waals surface area contributed by atoms with E-state index in [9.17, 15) is 10.2 Å². The van der Waals surface area contributed by atoms with E-state index in [1.807, 2.05) is 0 Å². The molecule has 2 aromatic heterocycles. The van der Waals surface area contributed by atoms with Crippen LogP contribution in [0.1, 0.15) is 11.9 Å².